The van der Waals surface area contributed by atoms with Crippen LogP contribution in [0.15, 0.2) is 35.6 Å². The van der Waals surface area contributed by atoms with Crippen LogP contribution in [0.5, 0.6) is 5.75 Å². The Morgan fingerprint density at radius 1 is 0.909 bits per heavy atom. The lowest BCUT2D eigenvalue weighted by Crippen LogP contribution is -2.43. The standard InChI is InChI=1S/C28H38O5/c1-6-7-8-13-33-19-11-9-18(10-12-19)24(25-20(29)14-27(2,3)15-21(25)30)26-22(31)16-28(4,5)17-23(26)32/h9-12,24-25,31H,6-8,13-17H2,1-5H3/t24-/m1/s1. The van der Waals surface area contributed by atoms with Crippen molar-refractivity contribution in [3.8, 4) is 5.75 Å². The summed E-state index contributed by atoms with van der Waals surface area (Å²) in [5, 5.41) is 10.9. The van der Waals surface area contributed by atoms with E-state index >= 15 is 0 Å². The number of rotatable bonds is 8. The van der Waals surface area contributed by atoms with Crippen molar-refractivity contribution in [2.24, 2.45) is 16.7 Å². The average Bonchev–Trinajstić information content (AvgIpc) is 2.68. The van der Waals surface area contributed by atoms with Gasteiger partial charge in [0.1, 0.15) is 23.1 Å². The fraction of sp³-hybridized carbons (Fsp3) is 0.607. The van der Waals surface area contributed by atoms with Gasteiger partial charge in [0.2, 0.25) is 0 Å². The summed E-state index contributed by atoms with van der Waals surface area (Å²) in [5.74, 6) is -1.48. The molecule has 1 N–H and O–H groups in total. The Morgan fingerprint density at radius 2 is 1.48 bits per heavy atom. The molecule has 180 valence electrons. The first kappa shape index (κ1) is 25.2. The number of allylic oxidation sites excluding steroid dienone is 2. The van der Waals surface area contributed by atoms with E-state index in [1.807, 2.05) is 52.0 Å². The fourth-order valence-corrected chi connectivity index (χ4v) is 5.27. The molecule has 0 bridgehead atoms. The minimum absolute atomic E-state index is 0.00609. The maximum Gasteiger partial charge on any atom is 0.163 e. The number of ether oxygens (including phenoxy) is 1. The molecule has 0 amide bonds. The zero-order valence-electron chi connectivity index (χ0n) is 20.7. The van der Waals surface area contributed by atoms with Crippen LogP contribution in [-0.4, -0.2) is 29.1 Å². The quantitative estimate of drug-likeness (QED) is 0.378. The summed E-state index contributed by atoms with van der Waals surface area (Å²) in [6.07, 6.45) is 4.40. The molecule has 2 aliphatic carbocycles. The van der Waals surface area contributed by atoms with Gasteiger partial charge in [-0.2, -0.15) is 0 Å². The van der Waals surface area contributed by atoms with E-state index < -0.39 is 11.8 Å². The van der Waals surface area contributed by atoms with Crippen LogP contribution < -0.4 is 4.74 Å². The number of hydrogen-bond donors (Lipinski definition) is 1. The number of ketones is 3. The highest BCUT2D eigenvalue weighted by molar-refractivity contribution is 6.09. The van der Waals surface area contributed by atoms with Gasteiger partial charge in [0, 0.05) is 37.2 Å². The largest absolute Gasteiger partial charge is 0.512 e. The SMILES string of the molecule is CCCCCOc1ccc([C@@H](C2=C(O)CC(C)(C)CC2=O)C2C(=O)CC(C)(C)CC2=O)cc1. The van der Waals surface area contributed by atoms with Crippen LogP contribution >= 0.6 is 0 Å². The molecular weight excluding hydrogens is 416 g/mol. The van der Waals surface area contributed by atoms with Crippen LogP contribution in [0.1, 0.15) is 91.0 Å². The van der Waals surface area contributed by atoms with Crippen LogP contribution in [0.4, 0.5) is 0 Å². The summed E-state index contributed by atoms with van der Waals surface area (Å²) in [5.41, 5.74) is 0.184. The number of unbranched alkanes of at least 4 members (excludes halogenated alkanes) is 2. The monoisotopic (exact) mass is 454 g/mol. The van der Waals surface area contributed by atoms with Crippen molar-refractivity contribution in [1.82, 2.24) is 0 Å². The Kier molecular flexibility index (Phi) is 7.50. The molecule has 3 rings (SSSR count). The molecule has 1 aromatic rings. The normalized spacial score (nSPS) is 21.9. The third-order valence-corrected chi connectivity index (χ3v) is 6.80. The van der Waals surface area contributed by atoms with Crippen molar-refractivity contribution in [3.63, 3.8) is 0 Å². The number of benzene rings is 1. The number of aliphatic hydroxyl groups excluding tert-OH is 1. The molecule has 2 aliphatic rings. The van der Waals surface area contributed by atoms with Crippen molar-refractivity contribution in [3.05, 3.63) is 41.2 Å². The van der Waals surface area contributed by atoms with Crippen molar-refractivity contribution in [2.75, 3.05) is 6.61 Å². The van der Waals surface area contributed by atoms with E-state index in [9.17, 15) is 19.5 Å². The van der Waals surface area contributed by atoms with Gasteiger partial charge in [0.15, 0.2) is 5.78 Å². The molecule has 0 heterocycles. The molecule has 0 saturated heterocycles. The van der Waals surface area contributed by atoms with Gasteiger partial charge < -0.3 is 9.84 Å². The van der Waals surface area contributed by atoms with E-state index in [0.29, 0.717) is 24.3 Å². The minimum atomic E-state index is -0.948. The molecule has 1 saturated carbocycles. The Morgan fingerprint density at radius 3 is 2.03 bits per heavy atom. The van der Waals surface area contributed by atoms with Crippen molar-refractivity contribution in [1.29, 1.82) is 0 Å². The zero-order chi connectivity index (χ0) is 24.4. The van der Waals surface area contributed by atoms with Crippen molar-refractivity contribution < 1.29 is 24.2 Å². The highest BCUT2D eigenvalue weighted by atomic mass is 16.5. The lowest BCUT2D eigenvalue weighted by Gasteiger charge is -2.39. The fourth-order valence-electron chi connectivity index (χ4n) is 5.27. The molecule has 1 fully saturated rings. The lowest BCUT2D eigenvalue weighted by atomic mass is 9.62. The molecule has 0 aromatic heterocycles. The van der Waals surface area contributed by atoms with Crippen molar-refractivity contribution in [2.45, 2.75) is 85.5 Å². The number of aliphatic hydroxyl groups is 1. The summed E-state index contributed by atoms with van der Waals surface area (Å²) in [6, 6.07) is 7.30. The summed E-state index contributed by atoms with van der Waals surface area (Å²) >= 11 is 0. The number of carbonyl (C=O) groups excluding carboxylic acids is 3. The third kappa shape index (κ3) is 5.93. The van der Waals surface area contributed by atoms with E-state index in [0.717, 1.165) is 19.3 Å². The minimum Gasteiger partial charge on any atom is -0.512 e. The van der Waals surface area contributed by atoms with Crippen molar-refractivity contribution >= 4 is 17.3 Å². The van der Waals surface area contributed by atoms with Crippen LogP contribution in [0.3, 0.4) is 0 Å². The van der Waals surface area contributed by atoms with E-state index in [-0.39, 0.29) is 58.8 Å². The summed E-state index contributed by atoms with van der Waals surface area (Å²) in [4.78, 5) is 39.7. The highest BCUT2D eigenvalue weighted by Crippen LogP contribution is 2.47. The highest BCUT2D eigenvalue weighted by Gasteiger charge is 2.48. The van der Waals surface area contributed by atoms with Gasteiger partial charge in [-0.1, -0.05) is 59.6 Å². The molecular formula is C28H38O5. The van der Waals surface area contributed by atoms with Gasteiger partial charge in [-0.25, -0.2) is 0 Å². The molecule has 1 aromatic carbocycles. The van der Waals surface area contributed by atoms with E-state index in [1.165, 1.54) is 0 Å². The van der Waals surface area contributed by atoms with Gasteiger partial charge in [-0.3, -0.25) is 14.4 Å². The van der Waals surface area contributed by atoms with Gasteiger partial charge in [0.25, 0.3) is 0 Å². The smallest absolute Gasteiger partial charge is 0.163 e. The average molecular weight is 455 g/mol. The molecule has 33 heavy (non-hydrogen) atoms. The van der Waals surface area contributed by atoms with E-state index in [1.54, 1.807) is 0 Å². The molecule has 5 nitrogen and oxygen atoms in total. The molecule has 0 unspecified atom stereocenters. The Balaban J connectivity index is 1.99. The summed E-state index contributed by atoms with van der Waals surface area (Å²) in [7, 11) is 0. The Bertz CT molecular complexity index is 916. The predicted molar refractivity (Wildman–Crippen MR) is 128 cm³/mol. The molecule has 5 heteroatoms. The van der Waals surface area contributed by atoms with Crippen LogP contribution in [-0.2, 0) is 14.4 Å². The van der Waals surface area contributed by atoms with Crippen LogP contribution in [0.2, 0.25) is 0 Å². The number of Topliss-reactive ketones (excluding diaryl/α,β-unsaturated/α-hetero) is 3. The summed E-state index contributed by atoms with van der Waals surface area (Å²) in [6.45, 7) is 10.5. The maximum atomic E-state index is 13.2. The molecule has 0 aliphatic heterocycles. The van der Waals surface area contributed by atoms with Crippen LogP contribution in [0, 0.1) is 16.7 Å². The van der Waals surface area contributed by atoms with Gasteiger partial charge in [-0.15, -0.1) is 0 Å². The van der Waals surface area contributed by atoms with Gasteiger partial charge >= 0.3 is 0 Å². The number of hydrogen-bond acceptors (Lipinski definition) is 5. The second-order valence-corrected chi connectivity index (χ2v) is 11.3. The van der Waals surface area contributed by atoms with E-state index in [4.69, 9.17) is 4.74 Å². The predicted octanol–water partition coefficient (Wildman–Crippen LogP) is 6.11. The Hall–Kier alpha value is -2.43. The molecule has 0 spiro atoms. The maximum absolute atomic E-state index is 13.2. The lowest BCUT2D eigenvalue weighted by molar-refractivity contribution is -0.140. The first-order chi connectivity index (χ1) is 15.4. The second kappa shape index (κ2) is 9.82. The van der Waals surface area contributed by atoms with E-state index in [2.05, 4.69) is 6.92 Å². The Labute approximate surface area is 197 Å². The first-order valence-electron chi connectivity index (χ1n) is 12.2. The molecule has 0 radical (unpaired) electrons. The van der Waals surface area contributed by atoms with Gasteiger partial charge in [-0.05, 0) is 34.9 Å². The third-order valence-electron chi connectivity index (χ3n) is 6.80. The first-order valence-corrected chi connectivity index (χ1v) is 12.2. The van der Waals surface area contributed by atoms with Crippen LogP contribution in [0.25, 0.3) is 0 Å². The topological polar surface area (TPSA) is 80.7 Å². The van der Waals surface area contributed by atoms with Gasteiger partial charge in [0.05, 0.1) is 12.5 Å². The zero-order valence-corrected chi connectivity index (χ0v) is 20.7. The summed E-state index contributed by atoms with van der Waals surface area (Å²) < 4.78 is 5.81. The second-order valence-electron chi connectivity index (χ2n) is 11.3. The number of carbonyl (C=O) groups is 3. The molecule has 1 atom stereocenters.